The van der Waals surface area contributed by atoms with Crippen molar-refractivity contribution in [2.45, 2.75) is 38.0 Å². The molecule has 0 spiro atoms. The highest BCUT2D eigenvalue weighted by atomic mass is 16.5. The molecule has 1 aromatic heterocycles. The van der Waals surface area contributed by atoms with E-state index in [4.69, 9.17) is 4.74 Å². The van der Waals surface area contributed by atoms with Crippen molar-refractivity contribution < 1.29 is 19.1 Å². The van der Waals surface area contributed by atoms with Gasteiger partial charge in [-0.1, -0.05) is 6.07 Å². The molecule has 3 heterocycles. The topological polar surface area (TPSA) is 103 Å². The molecule has 0 bridgehead atoms. The number of amides is 2. The second-order valence-corrected chi connectivity index (χ2v) is 7.64. The Morgan fingerprint density at radius 3 is 2.72 bits per heavy atom. The first kappa shape index (κ1) is 19.5. The van der Waals surface area contributed by atoms with Crippen LogP contribution in [0, 0.1) is 0 Å². The maximum Gasteiger partial charge on any atom is 0.329 e. The van der Waals surface area contributed by atoms with Crippen LogP contribution >= 0.6 is 0 Å². The number of aryl methyl sites for hydroxylation is 1. The number of imidazole rings is 1. The van der Waals surface area contributed by atoms with Gasteiger partial charge in [0.05, 0.1) is 23.7 Å². The molecule has 1 aromatic carbocycles. The van der Waals surface area contributed by atoms with Crippen LogP contribution < -0.4 is 11.0 Å². The van der Waals surface area contributed by atoms with Gasteiger partial charge in [0, 0.05) is 39.5 Å². The summed E-state index contributed by atoms with van der Waals surface area (Å²) in [5.41, 5.74) is 2.25. The van der Waals surface area contributed by atoms with E-state index in [0.717, 1.165) is 37.0 Å². The molecular weight excluding hydrogens is 376 g/mol. The third kappa shape index (κ3) is 3.75. The molecule has 1 atom stereocenters. The van der Waals surface area contributed by atoms with Gasteiger partial charge in [-0.2, -0.15) is 0 Å². The van der Waals surface area contributed by atoms with Gasteiger partial charge in [-0.15, -0.1) is 0 Å². The van der Waals surface area contributed by atoms with Crippen molar-refractivity contribution in [2.75, 3.05) is 19.7 Å². The highest BCUT2D eigenvalue weighted by molar-refractivity contribution is 6.00. The van der Waals surface area contributed by atoms with E-state index in [1.165, 1.54) is 4.57 Å². The summed E-state index contributed by atoms with van der Waals surface area (Å²) in [5.74, 6) is -0.731. The van der Waals surface area contributed by atoms with E-state index in [2.05, 4.69) is 10.2 Å². The molecule has 2 aromatic rings. The van der Waals surface area contributed by atoms with Crippen LogP contribution in [0.1, 0.15) is 30.9 Å². The van der Waals surface area contributed by atoms with E-state index >= 15 is 0 Å². The zero-order valence-corrected chi connectivity index (χ0v) is 16.3. The SMILES string of the molecule is Cn1c(=O)n(C2CCC(=O)NC2=O)c2ccc(CN3CC(OCCC=O)C3)cc21. The van der Waals surface area contributed by atoms with Crippen molar-refractivity contribution in [3.8, 4) is 0 Å². The summed E-state index contributed by atoms with van der Waals surface area (Å²) in [6.45, 7) is 2.82. The Labute approximate surface area is 167 Å². The van der Waals surface area contributed by atoms with Gasteiger partial charge in [0.25, 0.3) is 0 Å². The number of rotatable bonds is 7. The fourth-order valence-electron chi connectivity index (χ4n) is 4.04. The summed E-state index contributed by atoms with van der Waals surface area (Å²) >= 11 is 0. The van der Waals surface area contributed by atoms with E-state index < -0.39 is 11.9 Å². The van der Waals surface area contributed by atoms with Crippen molar-refractivity contribution in [2.24, 2.45) is 7.05 Å². The number of imide groups is 1. The predicted molar refractivity (Wildman–Crippen MR) is 104 cm³/mol. The molecule has 154 valence electrons. The number of hydrogen-bond donors (Lipinski definition) is 1. The molecule has 1 unspecified atom stereocenters. The first-order valence-corrected chi connectivity index (χ1v) is 9.79. The third-order valence-corrected chi connectivity index (χ3v) is 5.59. The van der Waals surface area contributed by atoms with E-state index in [1.807, 2.05) is 18.2 Å². The lowest BCUT2D eigenvalue weighted by atomic mass is 10.1. The van der Waals surface area contributed by atoms with Gasteiger partial charge < -0.3 is 9.53 Å². The summed E-state index contributed by atoms with van der Waals surface area (Å²) in [6, 6.07) is 5.13. The molecule has 29 heavy (non-hydrogen) atoms. The number of carbonyl (C=O) groups is 3. The van der Waals surface area contributed by atoms with Gasteiger partial charge in [0.1, 0.15) is 12.3 Å². The monoisotopic (exact) mass is 400 g/mol. The van der Waals surface area contributed by atoms with Gasteiger partial charge in [-0.3, -0.25) is 28.9 Å². The molecule has 9 heteroatoms. The van der Waals surface area contributed by atoms with Crippen LogP contribution in [0.4, 0.5) is 0 Å². The lowest BCUT2D eigenvalue weighted by molar-refractivity contribution is -0.135. The van der Waals surface area contributed by atoms with Crippen molar-refractivity contribution in [3.05, 3.63) is 34.2 Å². The second kappa shape index (κ2) is 7.92. The lowest BCUT2D eigenvalue weighted by Gasteiger charge is -2.38. The number of hydrogen-bond acceptors (Lipinski definition) is 6. The van der Waals surface area contributed by atoms with E-state index in [9.17, 15) is 19.2 Å². The summed E-state index contributed by atoms with van der Waals surface area (Å²) in [7, 11) is 1.69. The van der Waals surface area contributed by atoms with Crippen molar-refractivity contribution >= 4 is 29.1 Å². The highest BCUT2D eigenvalue weighted by Crippen LogP contribution is 2.25. The molecule has 0 saturated carbocycles. The minimum Gasteiger partial charge on any atom is -0.375 e. The molecule has 9 nitrogen and oxygen atoms in total. The number of benzene rings is 1. The van der Waals surface area contributed by atoms with Crippen LogP contribution in [0.3, 0.4) is 0 Å². The minimum absolute atomic E-state index is 0.164. The Morgan fingerprint density at radius 2 is 2.00 bits per heavy atom. The van der Waals surface area contributed by atoms with Crippen LogP contribution in [-0.4, -0.2) is 57.9 Å². The molecule has 2 saturated heterocycles. The number of likely N-dealkylation sites (tertiary alicyclic amines) is 1. The second-order valence-electron chi connectivity index (χ2n) is 7.64. The molecule has 4 rings (SSSR count). The fourth-order valence-corrected chi connectivity index (χ4v) is 4.04. The number of aromatic nitrogens is 2. The average molecular weight is 400 g/mol. The Morgan fingerprint density at radius 1 is 1.21 bits per heavy atom. The molecule has 2 amide bonds. The smallest absolute Gasteiger partial charge is 0.329 e. The van der Waals surface area contributed by atoms with Gasteiger partial charge in [0.15, 0.2) is 0 Å². The highest BCUT2D eigenvalue weighted by Gasteiger charge is 2.31. The Hall–Kier alpha value is -2.78. The third-order valence-electron chi connectivity index (χ3n) is 5.59. The lowest BCUT2D eigenvalue weighted by Crippen LogP contribution is -2.51. The van der Waals surface area contributed by atoms with E-state index in [1.54, 1.807) is 11.6 Å². The Balaban J connectivity index is 1.50. The maximum atomic E-state index is 12.8. The number of fused-ring (bicyclic) bond motifs is 1. The number of nitrogens with zero attached hydrogens (tertiary/aromatic N) is 3. The minimum atomic E-state index is -0.672. The van der Waals surface area contributed by atoms with E-state index in [0.29, 0.717) is 25.0 Å². The quantitative estimate of drug-likeness (QED) is 0.402. The Bertz CT molecular complexity index is 1020. The first-order chi connectivity index (χ1) is 14.0. The first-order valence-electron chi connectivity index (χ1n) is 9.79. The van der Waals surface area contributed by atoms with Crippen LogP contribution in [0.15, 0.2) is 23.0 Å². The van der Waals surface area contributed by atoms with Crippen molar-refractivity contribution in [3.63, 3.8) is 0 Å². The van der Waals surface area contributed by atoms with Crippen molar-refractivity contribution in [1.29, 1.82) is 0 Å². The standard InChI is InChI=1S/C20H24N4O5/c1-22-17-9-13(10-23-11-14(12-23)29-8-2-7-25)3-4-15(17)24(20(22)28)16-5-6-18(26)21-19(16)27/h3-4,7,9,14,16H,2,5-6,8,10-12H2,1H3,(H,21,26,27). The van der Waals surface area contributed by atoms with Crippen LogP contribution in [0.2, 0.25) is 0 Å². The molecule has 1 N–H and O–H groups in total. The maximum absolute atomic E-state index is 12.8. The van der Waals surface area contributed by atoms with Gasteiger partial charge in [0.2, 0.25) is 11.8 Å². The molecular formula is C20H24N4O5. The van der Waals surface area contributed by atoms with Crippen molar-refractivity contribution in [1.82, 2.24) is 19.4 Å². The molecule has 2 fully saturated rings. The number of aldehydes is 1. The number of piperidine rings is 1. The largest absolute Gasteiger partial charge is 0.375 e. The normalized spacial score (nSPS) is 20.7. The van der Waals surface area contributed by atoms with E-state index in [-0.39, 0.29) is 24.1 Å². The van der Waals surface area contributed by atoms with Gasteiger partial charge in [-0.25, -0.2) is 4.79 Å². The molecule has 2 aliphatic heterocycles. The zero-order chi connectivity index (χ0) is 20.5. The van der Waals surface area contributed by atoms with Crippen LogP contribution in [-0.2, 0) is 32.7 Å². The average Bonchev–Trinajstić information content (AvgIpc) is 2.91. The fraction of sp³-hybridized carbons (Fsp3) is 0.500. The summed E-state index contributed by atoms with van der Waals surface area (Å²) in [6.07, 6.45) is 1.99. The molecule has 0 radical (unpaired) electrons. The zero-order valence-electron chi connectivity index (χ0n) is 16.3. The number of carbonyl (C=O) groups excluding carboxylic acids is 3. The number of nitrogens with one attached hydrogen (secondary N) is 1. The van der Waals surface area contributed by atoms with Crippen LogP contribution in [0.5, 0.6) is 0 Å². The van der Waals surface area contributed by atoms with Crippen LogP contribution in [0.25, 0.3) is 11.0 Å². The molecule has 2 aliphatic rings. The summed E-state index contributed by atoms with van der Waals surface area (Å²) < 4.78 is 8.63. The number of ether oxygens (including phenoxy) is 1. The van der Waals surface area contributed by atoms with Gasteiger partial charge in [-0.05, 0) is 24.1 Å². The predicted octanol–water partition coefficient (Wildman–Crippen LogP) is 0.108. The summed E-state index contributed by atoms with van der Waals surface area (Å²) in [5, 5.41) is 2.32. The summed E-state index contributed by atoms with van der Waals surface area (Å²) in [4.78, 5) is 49.1. The molecule has 0 aliphatic carbocycles. The Kier molecular flexibility index (Phi) is 5.33. The van der Waals surface area contributed by atoms with Gasteiger partial charge >= 0.3 is 5.69 Å².